The quantitative estimate of drug-likeness (QED) is 0.853. The third-order valence-corrected chi connectivity index (χ3v) is 3.72. The minimum atomic E-state index is -0.227. The minimum absolute atomic E-state index is 0.0344. The summed E-state index contributed by atoms with van der Waals surface area (Å²) in [4.78, 5) is 11.8. The maximum absolute atomic E-state index is 11.8. The van der Waals surface area contributed by atoms with Crippen molar-refractivity contribution < 1.29 is 9.53 Å². The van der Waals surface area contributed by atoms with E-state index in [4.69, 9.17) is 4.74 Å². The lowest BCUT2D eigenvalue weighted by Crippen LogP contribution is -2.20. The van der Waals surface area contributed by atoms with Gasteiger partial charge in [-0.3, -0.25) is 10.1 Å². The lowest BCUT2D eigenvalue weighted by atomic mass is 10.2. The zero-order valence-electron chi connectivity index (χ0n) is 12.3. The van der Waals surface area contributed by atoms with E-state index < -0.39 is 0 Å². The average molecular weight is 305 g/mol. The van der Waals surface area contributed by atoms with E-state index in [1.54, 1.807) is 0 Å². The number of anilines is 1. The number of nitrogens with zero attached hydrogens (tertiary/aromatic N) is 2. The van der Waals surface area contributed by atoms with Crippen molar-refractivity contribution in [3.63, 3.8) is 0 Å². The molecule has 0 spiro atoms. The predicted octanol–water partition coefficient (Wildman–Crippen LogP) is 3.21. The highest BCUT2D eigenvalue weighted by Gasteiger charge is 2.08. The first-order chi connectivity index (χ1) is 10.2. The number of amides is 1. The summed E-state index contributed by atoms with van der Waals surface area (Å²) in [5.74, 6) is 0.459. The molecule has 1 N–H and O–H groups in total. The number of aryl methyl sites for hydroxylation is 2. The van der Waals surface area contributed by atoms with Crippen molar-refractivity contribution in [2.75, 3.05) is 11.9 Å². The molecule has 0 aliphatic rings. The van der Waals surface area contributed by atoms with Crippen LogP contribution in [0.3, 0.4) is 0 Å². The van der Waals surface area contributed by atoms with Crippen molar-refractivity contribution in [3.8, 4) is 5.75 Å². The summed E-state index contributed by atoms with van der Waals surface area (Å²) in [5.41, 5.74) is 1.09. The van der Waals surface area contributed by atoms with Gasteiger partial charge in [0.15, 0.2) is 6.61 Å². The summed E-state index contributed by atoms with van der Waals surface area (Å²) in [6, 6.07) is 7.59. The van der Waals surface area contributed by atoms with E-state index in [0.29, 0.717) is 10.9 Å². The van der Waals surface area contributed by atoms with E-state index in [9.17, 15) is 4.79 Å². The second-order valence-electron chi connectivity index (χ2n) is 4.76. The second kappa shape index (κ2) is 7.73. The number of nitrogens with one attached hydrogen (secondary N) is 1. The number of hydrogen-bond donors (Lipinski definition) is 1. The van der Waals surface area contributed by atoms with Gasteiger partial charge in [0.2, 0.25) is 5.13 Å². The zero-order chi connectivity index (χ0) is 15.1. The van der Waals surface area contributed by atoms with Crippen LogP contribution in [0.4, 0.5) is 5.13 Å². The van der Waals surface area contributed by atoms with Crippen LogP contribution in [0, 0.1) is 6.92 Å². The minimum Gasteiger partial charge on any atom is -0.484 e. The topological polar surface area (TPSA) is 64.1 Å². The third kappa shape index (κ3) is 5.15. The van der Waals surface area contributed by atoms with Crippen molar-refractivity contribution in [1.29, 1.82) is 0 Å². The Balaban J connectivity index is 1.80. The first kappa shape index (κ1) is 15.4. The number of unbranched alkanes of at least 4 members (excludes halogenated alkanes) is 1. The van der Waals surface area contributed by atoms with Crippen molar-refractivity contribution in [2.45, 2.75) is 33.1 Å². The van der Waals surface area contributed by atoms with Crippen molar-refractivity contribution >= 4 is 22.4 Å². The molecule has 0 radical (unpaired) electrons. The predicted molar refractivity (Wildman–Crippen MR) is 83.8 cm³/mol. The molecule has 0 fully saturated rings. The van der Waals surface area contributed by atoms with Crippen LogP contribution < -0.4 is 10.1 Å². The molecule has 6 heteroatoms. The first-order valence-electron chi connectivity index (χ1n) is 6.99. The number of rotatable bonds is 7. The molecule has 1 aromatic carbocycles. The van der Waals surface area contributed by atoms with Crippen molar-refractivity contribution in [1.82, 2.24) is 10.2 Å². The van der Waals surface area contributed by atoms with E-state index in [2.05, 4.69) is 22.4 Å². The van der Waals surface area contributed by atoms with Crippen LogP contribution >= 0.6 is 11.3 Å². The number of carbonyl (C=O) groups is 1. The Hall–Kier alpha value is -1.95. The fourth-order valence-electron chi connectivity index (χ4n) is 1.74. The molecule has 0 bridgehead atoms. The summed E-state index contributed by atoms with van der Waals surface area (Å²) in [7, 11) is 0. The van der Waals surface area contributed by atoms with Crippen LogP contribution in [0.5, 0.6) is 5.75 Å². The molecular weight excluding hydrogens is 286 g/mol. The molecular formula is C15H19N3O2S. The van der Waals surface area contributed by atoms with Gasteiger partial charge < -0.3 is 4.74 Å². The zero-order valence-corrected chi connectivity index (χ0v) is 13.1. The maximum atomic E-state index is 11.8. The highest BCUT2D eigenvalue weighted by atomic mass is 32.1. The second-order valence-corrected chi connectivity index (χ2v) is 5.82. The van der Waals surface area contributed by atoms with E-state index in [1.165, 1.54) is 11.3 Å². The van der Waals surface area contributed by atoms with Gasteiger partial charge in [0, 0.05) is 6.42 Å². The van der Waals surface area contributed by atoms with Crippen molar-refractivity contribution in [3.05, 3.63) is 34.8 Å². The summed E-state index contributed by atoms with van der Waals surface area (Å²) < 4.78 is 5.44. The Morgan fingerprint density at radius 3 is 3.00 bits per heavy atom. The van der Waals surface area contributed by atoms with E-state index in [-0.39, 0.29) is 12.5 Å². The van der Waals surface area contributed by atoms with E-state index in [0.717, 1.165) is 29.8 Å². The van der Waals surface area contributed by atoms with Crippen LogP contribution in [0.1, 0.15) is 30.3 Å². The third-order valence-electron chi connectivity index (χ3n) is 2.82. The molecule has 1 aromatic heterocycles. The summed E-state index contributed by atoms with van der Waals surface area (Å²) >= 11 is 1.42. The SMILES string of the molecule is CCCCc1nnc(NC(=O)COc2cccc(C)c2)s1. The smallest absolute Gasteiger partial charge is 0.264 e. The fraction of sp³-hybridized carbons (Fsp3) is 0.400. The highest BCUT2D eigenvalue weighted by Crippen LogP contribution is 2.17. The van der Waals surface area contributed by atoms with Gasteiger partial charge in [0.25, 0.3) is 5.91 Å². The Bertz CT molecular complexity index is 598. The maximum Gasteiger partial charge on any atom is 0.264 e. The number of hydrogen-bond acceptors (Lipinski definition) is 5. The van der Waals surface area contributed by atoms with Gasteiger partial charge in [-0.1, -0.05) is 36.8 Å². The molecule has 0 saturated carbocycles. The molecule has 112 valence electrons. The molecule has 0 saturated heterocycles. The van der Waals surface area contributed by atoms with Gasteiger partial charge in [-0.05, 0) is 31.0 Å². The number of carbonyl (C=O) groups excluding carboxylic acids is 1. The monoisotopic (exact) mass is 305 g/mol. The Labute approximate surface area is 128 Å². The largest absolute Gasteiger partial charge is 0.484 e. The van der Waals surface area contributed by atoms with Gasteiger partial charge in [0.1, 0.15) is 10.8 Å². The van der Waals surface area contributed by atoms with Crippen LogP contribution in [0.25, 0.3) is 0 Å². The van der Waals surface area contributed by atoms with Crippen LogP contribution in [0.2, 0.25) is 0 Å². The lowest BCUT2D eigenvalue weighted by molar-refractivity contribution is -0.118. The van der Waals surface area contributed by atoms with E-state index in [1.807, 2.05) is 31.2 Å². The molecule has 1 amide bonds. The van der Waals surface area contributed by atoms with Crippen LogP contribution in [-0.4, -0.2) is 22.7 Å². The van der Waals surface area contributed by atoms with Crippen LogP contribution in [-0.2, 0) is 11.2 Å². The number of benzene rings is 1. The fourth-order valence-corrected chi connectivity index (χ4v) is 2.54. The van der Waals surface area contributed by atoms with Gasteiger partial charge in [-0.15, -0.1) is 10.2 Å². The van der Waals surface area contributed by atoms with Gasteiger partial charge >= 0.3 is 0 Å². The number of ether oxygens (including phenoxy) is 1. The molecule has 2 rings (SSSR count). The summed E-state index contributed by atoms with van der Waals surface area (Å²) in [5, 5.41) is 12.2. The normalized spacial score (nSPS) is 10.4. The molecule has 5 nitrogen and oxygen atoms in total. The van der Waals surface area contributed by atoms with Crippen molar-refractivity contribution in [2.24, 2.45) is 0 Å². The standard InChI is InChI=1S/C15H19N3O2S/c1-3-4-8-14-17-18-15(21-14)16-13(19)10-20-12-7-5-6-11(2)9-12/h5-7,9H,3-4,8,10H2,1-2H3,(H,16,18,19). The Morgan fingerprint density at radius 1 is 1.38 bits per heavy atom. The van der Waals surface area contributed by atoms with Gasteiger partial charge in [-0.2, -0.15) is 0 Å². The molecule has 21 heavy (non-hydrogen) atoms. The first-order valence-corrected chi connectivity index (χ1v) is 7.80. The lowest BCUT2D eigenvalue weighted by Gasteiger charge is -2.05. The van der Waals surface area contributed by atoms with Gasteiger partial charge in [0.05, 0.1) is 0 Å². The molecule has 0 atom stereocenters. The summed E-state index contributed by atoms with van der Waals surface area (Å²) in [6.07, 6.45) is 3.11. The average Bonchev–Trinajstić information content (AvgIpc) is 2.90. The Morgan fingerprint density at radius 2 is 2.24 bits per heavy atom. The highest BCUT2D eigenvalue weighted by molar-refractivity contribution is 7.15. The van der Waals surface area contributed by atoms with E-state index >= 15 is 0 Å². The molecule has 2 aromatic rings. The van der Waals surface area contributed by atoms with Gasteiger partial charge in [-0.25, -0.2) is 0 Å². The molecule has 0 unspecified atom stereocenters. The van der Waals surface area contributed by atoms with Crippen LogP contribution in [0.15, 0.2) is 24.3 Å². The number of aromatic nitrogens is 2. The molecule has 0 aliphatic heterocycles. The molecule has 0 aliphatic carbocycles. The molecule has 1 heterocycles. The summed E-state index contributed by atoms with van der Waals surface area (Å²) in [6.45, 7) is 4.08. The Kier molecular flexibility index (Phi) is 5.68.